The van der Waals surface area contributed by atoms with Crippen LogP contribution in [0.4, 0.5) is 8.78 Å². The molecule has 78 valence electrons. The summed E-state index contributed by atoms with van der Waals surface area (Å²) >= 11 is 0. The van der Waals surface area contributed by atoms with Crippen molar-refractivity contribution in [3.63, 3.8) is 0 Å². The van der Waals surface area contributed by atoms with Crippen LogP contribution in [-0.4, -0.2) is 25.0 Å². The summed E-state index contributed by atoms with van der Waals surface area (Å²) < 4.78 is 24.0. The van der Waals surface area contributed by atoms with Gasteiger partial charge in [-0.05, 0) is 12.8 Å². The lowest BCUT2D eigenvalue weighted by atomic mass is 10.1. The summed E-state index contributed by atoms with van der Waals surface area (Å²) in [4.78, 5) is 0. The molecule has 0 heterocycles. The summed E-state index contributed by atoms with van der Waals surface area (Å²) in [5, 5.41) is 1.40. The van der Waals surface area contributed by atoms with Gasteiger partial charge in [0.15, 0.2) is 0 Å². The largest absolute Gasteiger partial charge is 0.310 e. The maximum absolute atomic E-state index is 12.0. The lowest BCUT2D eigenvalue weighted by molar-refractivity contribution is 0.0923. The predicted octanol–water partition coefficient (Wildman–Crippen LogP) is 2.25. The van der Waals surface area contributed by atoms with E-state index in [0.717, 1.165) is 5.57 Å². The van der Waals surface area contributed by atoms with Gasteiger partial charge < -0.3 is 5.01 Å². The Morgan fingerprint density at radius 1 is 1.46 bits per heavy atom. The van der Waals surface area contributed by atoms with E-state index < -0.39 is 6.43 Å². The smallest absolute Gasteiger partial charge is 0.257 e. The van der Waals surface area contributed by atoms with Gasteiger partial charge in [0.05, 0.1) is 6.54 Å². The molecule has 0 rings (SSSR count). The van der Waals surface area contributed by atoms with Gasteiger partial charge in [-0.1, -0.05) is 19.4 Å². The van der Waals surface area contributed by atoms with E-state index in [-0.39, 0.29) is 6.54 Å². The lowest BCUT2D eigenvalue weighted by Gasteiger charge is -2.20. The van der Waals surface area contributed by atoms with Gasteiger partial charge >= 0.3 is 0 Å². The molecule has 0 aliphatic carbocycles. The van der Waals surface area contributed by atoms with Crippen LogP contribution in [0.25, 0.3) is 0 Å². The summed E-state index contributed by atoms with van der Waals surface area (Å²) in [5.41, 5.74) is 3.77. The van der Waals surface area contributed by atoms with Crippen molar-refractivity contribution in [3.8, 4) is 0 Å². The van der Waals surface area contributed by atoms with Crippen molar-refractivity contribution >= 4 is 0 Å². The van der Waals surface area contributed by atoms with Gasteiger partial charge in [0.2, 0.25) is 0 Å². The van der Waals surface area contributed by atoms with Crippen LogP contribution >= 0.6 is 0 Å². The van der Waals surface area contributed by atoms with Crippen LogP contribution in [-0.2, 0) is 0 Å². The van der Waals surface area contributed by atoms with E-state index in [1.54, 1.807) is 13.2 Å². The maximum atomic E-state index is 12.0. The van der Waals surface area contributed by atoms with Crippen molar-refractivity contribution < 1.29 is 8.78 Å². The number of alkyl halides is 2. The van der Waals surface area contributed by atoms with Crippen molar-refractivity contribution in [3.05, 3.63) is 11.8 Å². The second-order valence-corrected chi connectivity index (χ2v) is 3.29. The Labute approximate surface area is 78.6 Å². The monoisotopic (exact) mass is 192 g/mol. The zero-order valence-corrected chi connectivity index (χ0v) is 8.64. The van der Waals surface area contributed by atoms with Crippen molar-refractivity contribution in [1.29, 1.82) is 0 Å². The summed E-state index contributed by atoms with van der Waals surface area (Å²) in [5.74, 6) is 0.383. The molecule has 13 heavy (non-hydrogen) atoms. The van der Waals surface area contributed by atoms with Crippen molar-refractivity contribution in [2.24, 2.45) is 5.92 Å². The van der Waals surface area contributed by atoms with Crippen LogP contribution in [0.5, 0.6) is 0 Å². The third kappa shape index (κ3) is 5.58. The molecule has 1 N–H and O–H groups in total. The van der Waals surface area contributed by atoms with Gasteiger partial charge in [0, 0.05) is 13.2 Å². The topological polar surface area (TPSA) is 15.3 Å². The van der Waals surface area contributed by atoms with Gasteiger partial charge in [-0.15, -0.1) is 0 Å². The number of rotatable bonds is 5. The minimum absolute atomic E-state index is 0.277. The van der Waals surface area contributed by atoms with Gasteiger partial charge in [0.1, 0.15) is 0 Å². The summed E-state index contributed by atoms with van der Waals surface area (Å²) in [7, 11) is 1.63. The first-order valence-electron chi connectivity index (χ1n) is 4.37. The molecule has 0 aliphatic rings. The zero-order chi connectivity index (χ0) is 10.4. The van der Waals surface area contributed by atoms with Gasteiger partial charge in [0.25, 0.3) is 6.43 Å². The Hall–Kier alpha value is -0.640. The van der Waals surface area contributed by atoms with E-state index in [0.29, 0.717) is 5.92 Å². The van der Waals surface area contributed by atoms with Crippen molar-refractivity contribution in [1.82, 2.24) is 10.4 Å². The fraction of sp³-hybridized carbons (Fsp3) is 0.778. The highest BCUT2D eigenvalue weighted by molar-refractivity contribution is 4.99. The summed E-state index contributed by atoms with van der Waals surface area (Å²) in [6.45, 7) is 5.71. The Balaban J connectivity index is 4.17. The molecular weight excluding hydrogens is 174 g/mol. The van der Waals surface area contributed by atoms with Crippen LogP contribution in [0.3, 0.4) is 0 Å². The van der Waals surface area contributed by atoms with Crippen LogP contribution in [0.15, 0.2) is 11.8 Å². The van der Waals surface area contributed by atoms with Crippen molar-refractivity contribution in [2.75, 3.05) is 13.6 Å². The third-order valence-corrected chi connectivity index (χ3v) is 1.89. The second-order valence-electron chi connectivity index (χ2n) is 3.29. The normalized spacial score (nSPS) is 12.8. The lowest BCUT2D eigenvalue weighted by Crippen LogP contribution is -2.34. The Morgan fingerprint density at radius 2 is 2.00 bits per heavy atom. The first-order chi connectivity index (χ1) is 5.97. The molecule has 0 aromatic rings. The number of halogens is 2. The SMILES string of the molecule is CNN(/C=C(\C)C(C)C)CC(F)F. The fourth-order valence-electron chi connectivity index (χ4n) is 0.752. The summed E-state index contributed by atoms with van der Waals surface area (Å²) in [6.07, 6.45) is -0.597. The molecule has 0 saturated heterocycles. The van der Waals surface area contributed by atoms with Crippen LogP contribution < -0.4 is 5.43 Å². The molecular formula is C9H18F2N2. The highest BCUT2D eigenvalue weighted by Crippen LogP contribution is 2.09. The number of nitrogens with zero attached hydrogens (tertiary/aromatic N) is 1. The van der Waals surface area contributed by atoms with E-state index in [4.69, 9.17) is 0 Å². The predicted molar refractivity (Wildman–Crippen MR) is 50.4 cm³/mol. The molecule has 0 unspecified atom stereocenters. The van der Waals surface area contributed by atoms with E-state index >= 15 is 0 Å². The van der Waals surface area contributed by atoms with E-state index in [1.165, 1.54) is 5.01 Å². The molecule has 0 aromatic carbocycles. The highest BCUT2D eigenvalue weighted by atomic mass is 19.3. The molecule has 0 aliphatic heterocycles. The summed E-state index contributed by atoms with van der Waals surface area (Å²) in [6, 6.07) is 0. The molecule has 2 nitrogen and oxygen atoms in total. The minimum atomic E-state index is -2.32. The minimum Gasteiger partial charge on any atom is -0.310 e. The standard InChI is InChI=1S/C9H18F2N2/c1-7(2)8(3)5-13(12-4)6-9(10)11/h5,7,9,12H,6H2,1-4H3/b8-5+. The molecule has 0 bridgehead atoms. The Bertz CT molecular complexity index is 167. The van der Waals surface area contributed by atoms with E-state index in [2.05, 4.69) is 5.43 Å². The molecule has 0 radical (unpaired) electrons. The van der Waals surface area contributed by atoms with Crippen molar-refractivity contribution in [2.45, 2.75) is 27.2 Å². The Morgan fingerprint density at radius 3 is 2.31 bits per heavy atom. The Kier molecular flexibility index (Phi) is 5.62. The number of nitrogens with one attached hydrogen (secondary N) is 1. The van der Waals surface area contributed by atoms with Crippen LogP contribution in [0, 0.1) is 5.92 Å². The zero-order valence-electron chi connectivity index (χ0n) is 8.64. The molecule has 0 fully saturated rings. The average Bonchev–Trinajstić information content (AvgIpc) is 2.02. The average molecular weight is 192 g/mol. The van der Waals surface area contributed by atoms with Gasteiger partial charge in [-0.2, -0.15) is 0 Å². The molecule has 0 atom stereocenters. The highest BCUT2D eigenvalue weighted by Gasteiger charge is 2.07. The van der Waals surface area contributed by atoms with Gasteiger partial charge in [-0.25, -0.2) is 14.2 Å². The quantitative estimate of drug-likeness (QED) is 0.672. The molecule has 0 amide bonds. The maximum Gasteiger partial charge on any atom is 0.257 e. The molecule has 0 aromatic heterocycles. The van der Waals surface area contributed by atoms with E-state index in [1.807, 2.05) is 20.8 Å². The number of allylic oxidation sites excluding steroid dienone is 1. The molecule has 0 saturated carbocycles. The number of hydrogen-bond acceptors (Lipinski definition) is 2. The fourth-order valence-corrected chi connectivity index (χ4v) is 0.752. The molecule has 4 heteroatoms. The van der Waals surface area contributed by atoms with Crippen LogP contribution in [0.1, 0.15) is 20.8 Å². The molecule has 0 spiro atoms. The van der Waals surface area contributed by atoms with Gasteiger partial charge in [-0.3, -0.25) is 0 Å². The second kappa shape index (κ2) is 5.91. The number of hydrogen-bond donors (Lipinski definition) is 1. The third-order valence-electron chi connectivity index (χ3n) is 1.89. The first-order valence-corrected chi connectivity index (χ1v) is 4.37. The first kappa shape index (κ1) is 12.4. The van der Waals surface area contributed by atoms with E-state index in [9.17, 15) is 8.78 Å². The number of hydrazine groups is 1. The van der Waals surface area contributed by atoms with Crippen LogP contribution in [0.2, 0.25) is 0 Å².